The maximum atomic E-state index is 11.9. The second kappa shape index (κ2) is 8.98. The monoisotopic (exact) mass is 415 g/mol. The molecule has 0 aliphatic carbocycles. The molecule has 0 spiro atoms. The number of aromatic nitrogens is 4. The average Bonchev–Trinajstić information content (AvgIpc) is 3.05. The van der Waals surface area contributed by atoms with Crippen molar-refractivity contribution in [1.82, 2.24) is 20.2 Å². The van der Waals surface area contributed by atoms with Crippen molar-refractivity contribution in [2.75, 3.05) is 5.32 Å². The number of rotatable bonds is 6. The van der Waals surface area contributed by atoms with Crippen LogP contribution < -0.4 is 16.6 Å². The van der Waals surface area contributed by atoms with E-state index in [1.807, 2.05) is 31.2 Å². The second-order valence-electron chi connectivity index (χ2n) is 6.33. The van der Waals surface area contributed by atoms with Crippen molar-refractivity contribution in [1.29, 1.82) is 0 Å². The molecule has 0 fully saturated rings. The zero-order chi connectivity index (χ0) is 20.1. The summed E-state index contributed by atoms with van der Waals surface area (Å²) in [6, 6.07) is 9.38. The summed E-state index contributed by atoms with van der Waals surface area (Å²) in [4.78, 5) is 23.0. The van der Waals surface area contributed by atoms with E-state index in [1.165, 1.54) is 34.7 Å². The smallest absolute Gasteiger partial charge is 0.252 e. The van der Waals surface area contributed by atoms with E-state index in [1.54, 1.807) is 0 Å². The van der Waals surface area contributed by atoms with Crippen LogP contribution in [0.5, 0.6) is 0 Å². The number of nitrogens with one attached hydrogen (secondary N) is 2. The molecule has 28 heavy (non-hydrogen) atoms. The Morgan fingerprint density at radius 2 is 2.07 bits per heavy atom. The first-order valence-electron chi connectivity index (χ1n) is 8.63. The Hall–Kier alpha value is -2.72. The third kappa shape index (κ3) is 5.64. The van der Waals surface area contributed by atoms with Gasteiger partial charge in [0, 0.05) is 17.5 Å². The lowest BCUT2D eigenvalue weighted by molar-refractivity contribution is 0.867. The lowest BCUT2D eigenvalue weighted by Gasteiger charge is -2.08. The van der Waals surface area contributed by atoms with E-state index in [2.05, 4.69) is 44.3 Å². The largest absolute Gasteiger partial charge is 0.369 e. The lowest BCUT2D eigenvalue weighted by Crippen LogP contribution is -2.22. The van der Waals surface area contributed by atoms with Crippen LogP contribution in [-0.4, -0.2) is 26.1 Å². The number of aromatic amines is 1. The number of aliphatic imine (C=N–C) groups is 1. The van der Waals surface area contributed by atoms with Gasteiger partial charge in [0.1, 0.15) is 5.01 Å². The van der Waals surface area contributed by atoms with Gasteiger partial charge in [0.15, 0.2) is 4.34 Å². The van der Waals surface area contributed by atoms with Gasteiger partial charge < -0.3 is 11.1 Å². The van der Waals surface area contributed by atoms with E-state index in [0.29, 0.717) is 17.4 Å². The van der Waals surface area contributed by atoms with Crippen LogP contribution in [0.4, 0.5) is 11.6 Å². The van der Waals surface area contributed by atoms with Gasteiger partial charge in [-0.25, -0.2) is 4.98 Å². The highest BCUT2D eigenvalue weighted by Gasteiger charge is 2.06. The molecule has 0 bridgehead atoms. The molecule has 10 heteroatoms. The number of anilines is 1. The minimum Gasteiger partial charge on any atom is -0.369 e. The highest BCUT2D eigenvalue weighted by molar-refractivity contribution is 8.00. The van der Waals surface area contributed by atoms with Crippen molar-refractivity contribution >= 4 is 40.7 Å². The van der Waals surface area contributed by atoms with Crippen LogP contribution in [0, 0.1) is 6.92 Å². The van der Waals surface area contributed by atoms with Gasteiger partial charge in [0.05, 0.1) is 5.69 Å². The summed E-state index contributed by atoms with van der Waals surface area (Å²) < 4.78 is 0.829. The summed E-state index contributed by atoms with van der Waals surface area (Å²) in [6.45, 7) is 6.17. The zero-order valence-corrected chi connectivity index (χ0v) is 17.4. The van der Waals surface area contributed by atoms with Crippen molar-refractivity contribution in [3.05, 3.63) is 57.0 Å². The van der Waals surface area contributed by atoms with E-state index < -0.39 is 0 Å². The molecule has 1 aromatic carbocycles. The second-order valence-corrected chi connectivity index (χ2v) is 8.74. The minimum atomic E-state index is -0.285. The first kappa shape index (κ1) is 20.0. The molecule has 0 unspecified atom stereocenters. The molecule has 0 aliphatic heterocycles. The Bertz CT molecular complexity index is 1020. The van der Waals surface area contributed by atoms with Gasteiger partial charge in [-0.2, -0.15) is 4.99 Å². The predicted octanol–water partition coefficient (Wildman–Crippen LogP) is 3.40. The number of hydrogen-bond donors (Lipinski definition) is 3. The van der Waals surface area contributed by atoms with E-state index in [4.69, 9.17) is 5.73 Å². The van der Waals surface area contributed by atoms with E-state index in [9.17, 15) is 4.79 Å². The van der Waals surface area contributed by atoms with Crippen LogP contribution in [-0.2, 0) is 5.75 Å². The summed E-state index contributed by atoms with van der Waals surface area (Å²) in [7, 11) is 0. The Labute approximate surface area is 170 Å². The molecule has 3 aromatic rings. The summed E-state index contributed by atoms with van der Waals surface area (Å²) in [5.41, 5.74) is 8.32. The molecule has 4 N–H and O–H groups in total. The number of thioether (sulfide) groups is 1. The van der Waals surface area contributed by atoms with Crippen LogP contribution in [0.25, 0.3) is 0 Å². The Morgan fingerprint density at radius 1 is 1.32 bits per heavy atom. The quantitative estimate of drug-likeness (QED) is 0.320. The summed E-state index contributed by atoms with van der Waals surface area (Å²) in [5, 5.41) is 11.9. The van der Waals surface area contributed by atoms with Crippen LogP contribution in [0.1, 0.15) is 36.0 Å². The van der Waals surface area contributed by atoms with Crippen molar-refractivity contribution in [3.8, 4) is 0 Å². The molecule has 0 saturated carbocycles. The SMILES string of the molecule is Cc1nnc(SCc2cc(=O)[nH]c(N=C(N)Nc3ccc(C(C)C)cc3)n2)s1. The number of hydrogen-bond acceptors (Lipinski definition) is 7. The molecule has 2 aromatic heterocycles. The van der Waals surface area contributed by atoms with Crippen LogP contribution in [0.2, 0.25) is 0 Å². The topological polar surface area (TPSA) is 122 Å². The molecule has 3 rings (SSSR count). The van der Waals surface area contributed by atoms with E-state index in [0.717, 1.165) is 15.0 Å². The van der Waals surface area contributed by atoms with Crippen LogP contribution in [0.15, 0.2) is 44.5 Å². The number of guanidine groups is 1. The predicted molar refractivity (Wildman–Crippen MR) is 115 cm³/mol. The molecule has 0 radical (unpaired) electrons. The third-order valence-corrected chi connectivity index (χ3v) is 5.71. The molecule has 0 aliphatic rings. The van der Waals surface area contributed by atoms with Crippen molar-refractivity contribution in [3.63, 3.8) is 0 Å². The standard InChI is InChI=1S/C18H21N7OS2/c1-10(2)12-4-6-13(7-5-12)20-16(19)23-17-21-14(8-15(26)22-17)9-27-18-25-24-11(3)28-18/h4-8,10H,9H2,1-3H3,(H4,19,20,21,22,23,26). The van der Waals surface area contributed by atoms with Gasteiger partial charge in [0.2, 0.25) is 11.9 Å². The molecule has 0 amide bonds. The Kier molecular flexibility index (Phi) is 6.42. The maximum absolute atomic E-state index is 11.9. The van der Waals surface area contributed by atoms with Gasteiger partial charge in [-0.3, -0.25) is 9.78 Å². The normalized spacial score (nSPS) is 11.8. The molecular weight excluding hydrogens is 394 g/mol. The summed E-state index contributed by atoms with van der Waals surface area (Å²) in [6.07, 6.45) is 0. The van der Waals surface area contributed by atoms with Crippen LogP contribution >= 0.6 is 23.1 Å². The first-order valence-corrected chi connectivity index (χ1v) is 10.4. The zero-order valence-electron chi connectivity index (χ0n) is 15.8. The highest BCUT2D eigenvalue weighted by Crippen LogP contribution is 2.25. The van der Waals surface area contributed by atoms with Crippen molar-refractivity contribution < 1.29 is 0 Å². The van der Waals surface area contributed by atoms with Gasteiger partial charge in [0.25, 0.3) is 5.56 Å². The van der Waals surface area contributed by atoms with E-state index >= 15 is 0 Å². The number of H-pyrrole nitrogens is 1. The number of nitrogens with zero attached hydrogens (tertiary/aromatic N) is 4. The summed E-state index contributed by atoms with van der Waals surface area (Å²) in [5.74, 6) is 1.25. The van der Waals surface area contributed by atoms with Crippen LogP contribution in [0.3, 0.4) is 0 Å². The molecule has 2 heterocycles. The molecule has 0 atom stereocenters. The molecular formula is C18H21N7OS2. The van der Waals surface area contributed by atoms with Gasteiger partial charge >= 0.3 is 0 Å². The summed E-state index contributed by atoms with van der Waals surface area (Å²) >= 11 is 2.97. The average molecular weight is 416 g/mol. The number of benzene rings is 1. The van der Waals surface area contributed by atoms with Gasteiger partial charge in [-0.1, -0.05) is 49.1 Å². The number of aryl methyl sites for hydroxylation is 1. The van der Waals surface area contributed by atoms with Gasteiger partial charge in [-0.15, -0.1) is 10.2 Å². The van der Waals surface area contributed by atoms with Crippen molar-refractivity contribution in [2.45, 2.75) is 36.8 Å². The van der Waals surface area contributed by atoms with Crippen molar-refractivity contribution in [2.24, 2.45) is 10.7 Å². The fourth-order valence-electron chi connectivity index (χ4n) is 2.33. The molecule has 0 saturated heterocycles. The minimum absolute atomic E-state index is 0.144. The fourth-order valence-corrected chi connectivity index (χ4v) is 4.04. The van der Waals surface area contributed by atoms with Gasteiger partial charge in [-0.05, 0) is 30.5 Å². The highest BCUT2D eigenvalue weighted by atomic mass is 32.2. The Balaban J connectivity index is 1.69. The Morgan fingerprint density at radius 3 is 2.71 bits per heavy atom. The first-order chi connectivity index (χ1) is 13.4. The maximum Gasteiger partial charge on any atom is 0.252 e. The molecule has 8 nitrogen and oxygen atoms in total. The van der Waals surface area contributed by atoms with E-state index in [-0.39, 0.29) is 17.5 Å². The number of nitrogens with two attached hydrogens (primary N) is 1. The molecule has 146 valence electrons. The lowest BCUT2D eigenvalue weighted by atomic mass is 10.0. The third-order valence-electron chi connectivity index (χ3n) is 3.71. The fraction of sp³-hybridized carbons (Fsp3) is 0.278.